The van der Waals surface area contributed by atoms with Gasteiger partial charge in [0, 0.05) is 29.4 Å². The van der Waals surface area contributed by atoms with Crippen LogP contribution >= 0.6 is 34.8 Å². The lowest BCUT2D eigenvalue weighted by Crippen LogP contribution is -2.33. The summed E-state index contributed by atoms with van der Waals surface area (Å²) in [6.07, 6.45) is 2.91. The van der Waals surface area contributed by atoms with Crippen LogP contribution in [0.15, 0.2) is 94.1 Å². The molecular weight excluding hydrogens is 583 g/mol. The Kier molecular flexibility index (Phi) is 10.2. The molecule has 3 aromatic carbocycles. The Bertz CT molecular complexity index is 1590. The van der Waals surface area contributed by atoms with Gasteiger partial charge in [0.15, 0.2) is 0 Å². The summed E-state index contributed by atoms with van der Waals surface area (Å²) in [7, 11) is 0. The molecule has 4 aromatic rings. The average molecular weight is 610 g/mol. The van der Waals surface area contributed by atoms with E-state index >= 15 is 0 Å². The SMILES string of the molecule is CCN(CC)c1ccc(/C=C(/NC(=O)c2ccccc2Cl)C(=O)N/N=C/c2ccc(-c3ccc(Cl)cc3Cl)o2)cc1. The maximum Gasteiger partial charge on any atom is 0.287 e. The molecule has 7 nitrogen and oxygen atoms in total. The lowest BCUT2D eigenvalue weighted by atomic mass is 10.1. The Labute approximate surface area is 253 Å². The number of halogens is 3. The molecule has 0 fully saturated rings. The van der Waals surface area contributed by atoms with Crippen molar-refractivity contribution in [3.05, 3.63) is 117 Å². The molecule has 0 saturated heterocycles. The molecule has 1 aromatic heterocycles. The molecule has 0 atom stereocenters. The highest BCUT2D eigenvalue weighted by molar-refractivity contribution is 6.36. The Morgan fingerprint density at radius 1 is 0.902 bits per heavy atom. The van der Waals surface area contributed by atoms with Gasteiger partial charge in [-0.1, -0.05) is 59.1 Å². The Morgan fingerprint density at radius 2 is 1.63 bits per heavy atom. The molecule has 0 aliphatic heterocycles. The number of nitrogens with zero attached hydrogens (tertiary/aromatic N) is 2. The molecule has 0 aliphatic rings. The predicted molar refractivity (Wildman–Crippen MR) is 167 cm³/mol. The first-order chi connectivity index (χ1) is 19.8. The van der Waals surface area contributed by atoms with Crippen LogP contribution in [0.1, 0.15) is 35.5 Å². The van der Waals surface area contributed by atoms with Crippen LogP contribution in [0.5, 0.6) is 0 Å². The predicted octanol–water partition coefficient (Wildman–Crippen LogP) is 7.67. The van der Waals surface area contributed by atoms with Crippen molar-refractivity contribution < 1.29 is 14.0 Å². The third-order valence-electron chi connectivity index (χ3n) is 6.13. The molecule has 0 saturated carbocycles. The highest BCUT2D eigenvalue weighted by Gasteiger charge is 2.17. The number of carbonyl (C=O) groups excluding carboxylic acids is 2. The van der Waals surface area contributed by atoms with Gasteiger partial charge in [-0.3, -0.25) is 9.59 Å². The number of furan rings is 1. The summed E-state index contributed by atoms with van der Waals surface area (Å²) in [4.78, 5) is 28.3. The lowest BCUT2D eigenvalue weighted by molar-refractivity contribution is -0.117. The molecule has 0 radical (unpaired) electrons. The Hall–Kier alpha value is -4.04. The van der Waals surface area contributed by atoms with Crippen LogP contribution < -0.4 is 15.6 Å². The van der Waals surface area contributed by atoms with E-state index in [2.05, 4.69) is 34.6 Å². The maximum atomic E-state index is 13.2. The second-order valence-corrected chi connectivity index (χ2v) is 10.0. The van der Waals surface area contributed by atoms with Crippen molar-refractivity contribution in [1.29, 1.82) is 0 Å². The van der Waals surface area contributed by atoms with Gasteiger partial charge in [0.05, 0.1) is 21.8 Å². The minimum absolute atomic E-state index is 0.0178. The fourth-order valence-corrected chi connectivity index (χ4v) is 4.72. The van der Waals surface area contributed by atoms with Crippen LogP contribution in [-0.4, -0.2) is 31.1 Å². The zero-order valence-corrected chi connectivity index (χ0v) is 24.6. The van der Waals surface area contributed by atoms with Crippen LogP contribution in [0.25, 0.3) is 17.4 Å². The number of nitrogens with one attached hydrogen (secondary N) is 2. The van der Waals surface area contributed by atoms with Crippen LogP contribution in [0.4, 0.5) is 5.69 Å². The first-order valence-electron chi connectivity index (χ1n) is 12.8. The first-order valence-corrected chi connectivity index (χ1v) is 13.9. The highest BCUT2D eigenvalue weighted by atomic mass is 35.5. The van der Waals surface area contributed by atoms with Gasteiger partial charge in [0.1, 0.15) is 17.2 Å². The third kappa shape index (κ3) is 7.79. The van der Waals surface area contributed by atoms with E-state index in [0.29, 0.717) is 32.7 Å². The minimum atomic E-state index is -0.637. The fraction of sp³-hybridized carbons (Fsp3) is 0.129. The number of rotatable bonds is 10. The average Bonchev–Trinajstić information content (AvgIpc) is 3.42. The summed E-state index contributed by atoms with van der Waals surface area (Å²) in [5.41, 5.74) is 5.09. The van der Waals surface area contributed by atoms with Gasteiger partial charge >= 0.3 is 0 Å². The molecule has 1 heterocycles. The topological polar surface area (TPSA) is 86.9 Å². The Balaban J connectivity index is 1.54. The van der Waals surface area contributed by atoms with E-state index in [-0.39, 0.29) is 16.3 Å². The minimum Gasteiger partial charge on any atom is -0.455 e. The van der Waals surface area contributed by atoms with Crippen molar-refractivity contribution in [2.45, 2.75) is 13.8 Å². The van der Waals surface area contributed by atoms with Crippen molar-refractivity contribution in [2.24, 2.45) is 5.10 Å². The van der Waals surface area contributed by atoms with E-state index in [1.807, 2.05) is 24.3 Å². The Morgan fingerprint density at radius 3 is 2.32 bits per heavy atom. The molecule has 0 aliphatic carbocycles. The highest BCUT2D eigenvalue weighted by Crippen LogP contribution is 2.31. The number of hydrazone groups is 1. The van der Waals surface area contributed by atoms with E-state index in [0.717, 1.165) is 18.8 Å². The van der Waals surface area contributed by atoms with E-state index < -0.39 is 11.8 Å². The van der Waals surface area contributed by atoms with Gasteiger partial charge in [0.2, 0.25) is 0 Å². The smallest absolute Gasteiger partial charge is 0.287 e. The van der Waals surface area contributed by atoms with Gasteiger partial charge in [-0.2, -0.15) is 5.10 Å². The summed E-state index contributed by atoms with van der Waals surface area (Å²) in [5.74, 6) is -0.276. The van der Waals surface area contributed by atoms with Gasteiger partial charge < -0.3 is 14.6 Å². The van der Waals surface area contributed by atoms with E-state index in [9.17, 15) is 9.59 Å². The zero-order valence-electron chi connectivity index (χ0n) is 22.3. The number of carbonyl (C=O) groups is 2. The standard InChI is InChI=1S/C31H27Cl3N4O3/c1-3-38(4-2)22-12-9-20(10-13-22)17-28(36-30(39)25-7-5-6-8-26(25)33)31(40)37-35-19-23-14-16-29(41-23)24-15-11-21(32)18-27(24)34/h5-19H,3-4H2,1-2H3,(H,36,39)(H,37,40)/b28-17+,35-19+. The van der Waals surface area contributed by atoms with Crippen molar-refractivity contribution >= 4 is 64.6 Å². The number of hydrogen-bond donors (Lipinski definition) is 2. The number of hydrogen-bond acceptors (Lipinski definition) is 5. The number of benzene rings is 3. The molecule has 0 unspecified atom stereocenters. The molecule has 4 rings (SSSR count). The van der Waals surface area contributed by atoms with E-state index in [4.69, 9.17) is 39.2 Å². The quantitative estimate of drug-likeness (QED) is 0.110. The summed E-state index contributed by atoms with van der Waals surface area (Å²) >= 11 is 18.4. The molecular formula is C31H27Cl3N4O3. The molecule has 2 N–H and O–H groups in total. The molecule has 210 valence electrons. The van der Waals surface area contributed by atoms with Gasteiger partial charge in [0.25, 0.3) is 11.8 Å². The second kappa shape index (κ2) is 14.0. The van der Waals surface area contributed by atoms with E-state index in [1.54, 1.807) is 60.7 Å². The van der Waals surface area contributed by atoms with Crippen LogP contribution in [-0.2, 0) is 4.79 Å². The lowest BCUT2D eigenvalue weighted by Gasteiger charge is -2.21. The summed E-state index contributed by atoms with van der Waals surface area (Å²) in [6, 6.07) is 22.8. The summed E-state index contributed by atoms with van der Waals surface area (Å²) in [5, 5.41) is 7.89. The van der Waals surface area contributed by atoms with Crippen LogP contribution in [0.2, 0.25) is 15.1 Å². The monoisotopic (exact) mass is 608 g/mol. The molecule has 0 bridgehead atoms. The zero-order chi connectivity index (χ0) is 29.4. The normalized spacial score (nSPS) is 11.5. The number of anilines is 1. The van der Waals surface area contributed by atoms with Crippen molar-refractivity contribution in [2.75, 3.05) is 18.0 Å². The van der Waals surface area contributed by atoms with Gasteiger partial charge in [-0.05, 0) is 80.1 Å². The molecule has 10 heteroatoms. The fourth-order valence-electron chi connectivity index (χ4n) is 4.00. The second-order valence-electron chi connectivity index (χ2n) is 8.78. The van der Waals surface area contributed by atoms with Gasteiger partial charge in [-0.15, -0.1) is 0 Å². The molecule has 0 spiro atoms. The summed E-state index contributed by atoms with van der Waals surface area (Å²) in [6.45, 7) is 5.91. The van der Waals surface area contributed by atoms with Crippen LogP contribution in [0.3, 0.4) is 0 Å². The van der Waals surface area contributed by atoms with Gasteiger partial charge in [-0.25, -0.2) is 5.43 Å². The van der Waals surface area contributed by atoms with E-state index in [1.165, 1.54) is 6.21 Å². The molecule has 2 amide bonds. The third-order valence-corrected chi connectivity index (χ3v) is 7.00. The molecule has 41 heavy (non-hydrogen) atoms. The van der Waals surface area contributed by atoms with Crippen molar-refractivity contribution in [3.8, 4) is 11.3 Å². The first kappa shape index (κ1) is 29.9. The number of amides is 2. The summed E-state index contributed by atoms with van der Waals surface area (Å²) < 4.78 is 5.78. The maximum absolute atomic E-state index is 13.2. The van der Waals surface area contributed by atoms with Crippen molar-refractivity contribution in [1.82, 2.24) is 10.7 Å². The van der Waals surface area contributed by atoms with Crippen LogP contribution in [0, 0.1) is 0 Å². The largest absolute Gasteiger partial charge is 0.455 e. The van der Waals surface area contributed by atoms with Crippen molar-refractivity contribution in [3.63, 3.8) is 0 Å².